The van der Waals surface area contributed by atoms with Gasteiger partial charge in [-0.15, -0.1) is 0 Å². The number of hydrogen-bond donors (Lipinski definition) is 0. The van der Waals surface area contributed by atoms with Crippen LogP contribution in [0.25, 0.3) is 10.9 Å². The van der Waals surface area contributed by atoms with Gasteiger partial charge in [0, 0.05) is 49.4 Å². The zero-order valence-corrected chi connectivity index (χ0v) is 19.7. The zero-order chi connectivity index (χ0) is 23.5. The Morgan fingerprint density at radius 1 is 0.971 bits per heavy atom. The molecule has 0 bridgehead atoms. The Bertz CT molecular complexity index is 1190. The average Bonchev–Trinajstić information content (AvgIpc) is 2.89. The highest BCUT2D eigenvalue weighted by Gasteiger charge is 2.28. The van der Waals surface area contributed by atoms with Gasteiger partial charge in [-0.2, -0.15) is 10.2 Å². The van der Waals surface area contributed by atoms with Crippen LogP contribution >= 0.6 is 0 Å². The van der Waals surface area contributed by atoms with E-state index in [2.05, 4.69) is 27.2 Å². The van der Waals surface area contributed by atoms with Crippen molar-refractivity contribution < 1.29 is 19.0 Å². The van der Waals surface area contributed by atoms with Crippen LogP contribution < -0.4 is 19.3 Å². The number of methoxy groups -OCH3 is 2. The van der Waals surface area contributed by atoms with Crippen LogP contribution in [0, 0.1) is 0 Å². The van der Waals surface area contributed by atoms with E-state index in [9.17, 15) is 4.79 Å². The number of carbonyl (C=O) groups is 1. The number of benzene rings is 2. The number of aromatic nitrogens is 2. The Balaban J connectivity index is 1.47. The average molecular weight is 463 g/mol. The molecule has 2 aliphatic heterocycles. The maximum Gasteiger partial charge on any atom is 0.258 e. The van der Waals surface area contributed by atoms with Crippen LogP contribution in [-0.2, 0) is 11.2 Å². The van der Waals surface area contributed by atoms with Crippen LogP contribution in [-0.4, -0.2) is 63.2 Å². The fourth-order valence-corrected chi connectivity index (χ4v) is 4.83. The maximum absolute atomic E-state index is 13.6. The quantitative estimate of drug-likeness (QED) is 0.494. The van der Waals surface area contributed by atoms with Crippen molar-refractivity contribution in [2.45, 2.75) is 25.7 Å². The fraction of sp³-hybridized carbons (Fsp3) is 0.423. The molecule has 8 nitrogen and oxygen atoms in total. The van der Waals surface area contributed by atoms with Crippen molar-refractivity contribution in [2.75, 3.05) is 56.9 Å². The molecule has 0 radical (unpaired) electrons. The van der Waals surface area contributed by atoms with Gasteiger partial charge in [0.15, 0.2) is 11.5 Å². The van der Waals surface area contributed by atoms with Gasteiger partial charge in [-0.05, 0) is 55.5 Å². The molecule has 0 unspecified atom stereocenters. The summed E-state index contributed by atoms with van der Waals surface area (Å²) in [6.07, 6.45) is 6.20. The molecule has 1 amide bonds. The summed E-state index contributed by atoms with van der Waals surface area (Å²) >= 11 is 0. The summed E-state index contributed by atoms with van der Waals surface area (Å²) in [5.74, 6) is 1.13. The number of amides is 1. The summed E-state index contributed by atoms with van der Waals surface area (Å²) in [5, 5.41) is 9.23. The minimum Gasteiger partial charge on any atom is -0.493 e. The summed E-state index contributed by atoms with van der Waals surface area (Å²) in [4.78, 5) is 17.8. The smallest absolute Gasteiger partial charge is 0.258 e. The van der Waals surface area contributed by atoms with Crippen molar-refractivity contribution in [1.29, 1.82) is 0 Å². The summed E-state index contributed by atoms with van der Waals surface area (Å²) in [7, 11) is 3.22. The monoisotopic (exact) mass is 462 g/mol. The molecule has 5 rings (SSSR count). The van der Waals surface area contributed by atoms with Gasteiger partial charge in [-0.25, -0.2) is 0 Å². The number of rotatable bonds is 7. The lowest BCUT2D eigenvalue weighted by molar-refractivity contribution is 0.0981. The Hall–Kier alpha value is -3.39. The number of nitrogens with zero attached hydrogens (tertiary/aromatic N) is 4. The van der Waals surface area contributed by atoms with Gasteiger partial charge in [0.2, 0.25) is 0 Å². The predicted octanol–water partition coefficient (Wildman–Crippen LogP) is 3.86. The molecule has 3 heterocycles. The van der Waals surface area contributed by atoms with Crippen LogP contribution in [0.1, 0.15) is 35.2 Å². The minimum absolute atomic E-state index is 0.0154. The van der Waals surface area contributed by atoms with E-state index in [0.29, 0.717) is 36.8 Å². The van der Waals surface area contributed by atoms with Crippen LogP contribution in [0.5, 0.6) is 11.5 Å². The molecule has 0 saturated carbocycles. The van der Waals surface area contributed by atoms with Crippen molar-refractivity contribution in [3.8, 4) is 11.5 Å². The largest absolute Gasteiger partial charge is 0.493 e. The van der Waals surface area contributed by atoms with Gasteiger partial charge in [0.1, 0.15) is 6.61 Å². The van der Waals surface area contributed by atoms with E-state index < -0.39 is 0 Å². The Morgan fingerprint density at radius 3 is 2.62 bits per heavy atom. The minimum atomic E-state index is -0.0154. The highest BCUT2D eigenvalue weighted by atomic mass is 16.5. The molecule has 3 aromatic rings. The predicted molar refractivity (Wildman–Crippen MR) is 131 cm³/mol. The van der Waals surface area contributed by atoms with E-state index in [1.165, 1.54) is 24.9 Å². The van der Waals surface area contributed by atoms with Crippen molar-refractivity contribution in [2.24, 2.45) is 0 Å². The molecule has 1 fully saturated rings. The second-order valence-electron chi connectivity index (χ2n) is 8.69. The zero-order valence-electron chi connectivity index (χ0n) is 19.7. The number of ether oxygens (including phenoxy) is 3. The molecule has 8 heteroatoms. The third-order valence-electron chi connectivity index (χ3n) is 6.63. The highest BCUT2D eigenvalue weighted by Crippen LogP contribution is 2.37. The van der Waals surface area contributed by atoms with Gasteiger partial charge in [-0.3, -0.25) is 4.79 Å². The van der Waals surface area contributed by atoms with Gasteiger partial charge in [0.05, 0.1) is 31.1 Å². The number of carbonyl (C=O) groups excluding carboxylic acids is 1. The molecule has 0 spiro atoms. The molecule has 0 atom stereocenters. The van der Waals surface area contributed by atoms with Gasteiger partial charge < -0.3 is 24.0 Å². The first kappa shape index (κ1) is 22.4. The first-order valence-electron chi connectivity index (χ1n) is 11.8. The topological polar surface area (TPSA) is 77.0 Å². The van der Waals surface area contributed by atoms with Gasteiger partial charge in [0.25, 0.3) is 5.91 Å². The first-order chi connectivity index (χ1) is 16.7. The molecular weight excluding hydrogens is 432 g/mol. The number of fused-ring (bicyclic) bond motifs is 2. The van der Waals surface area contributed by atoms with Crippen molar-refractivity contribution in [3.63, 3.8) is 0 Å². The highest BCUT2D eigenvalue weighted by molar-refractivity contribution is 6.12. The summed E-state index contributed by atoms with van der Waals surface area (Å²) in [5.41, 5.74) is 4.45. The Labute approximate surface area is 199 Å². The van der Waals surface area contributed by atoms with E-state index in [1.807, 2.05) is 12.1 Å². The first-order valence-corrected chi connectivity index (χ1v) is 11.8. The van der Waals surface area contributed by atoms with E-state index in [-0.39, 0.29) is 5.91 Å². The molecule has 34 heavy (non-hydrogen) atoms. The molecule has 0 aliphatic carbocycles. The van der Waals surface area contributed by atoms with E-state index >= 15 is 0 Å². The molecular formula is C26H30N4O4. The summed E-state index contributed by atoms with van der Waals surface area (Å²) < 4.78 is 16.4. The van der Waals surface area contributed by atoms with Crippen LogP contribution in [0.2, 0.25) is 0 Å². The van der Waals surface area contributed by atoms with Gasteiger partial charge >= 0.3 is 0 Å². The molecule has 0 N–H and O–H groups in total. The summed E-state index contributed by atoms with van der Waals surface area (Å²) in [6.45, 7) is 3.62. The number of piperidine rings is 1. The van der Waals surface area contributed by atoms with Crippen LogP contribution in [0.3, 0.4) is 0 Å². The molecule has 1 aromatic heterocycles. The normalized spacial score (nSPS) is 16.0. The SMILES string of the molecule is COCCOc1cc2c(N3CCc4cc(N5CCCCC5)ccc4C3=O)cnnc2cc1OC. The van der Waals surface area contributed by atoms with Crippen molar-refractivity contribution >= 4 is 28.2 Å². The van der Waals surface area contributed by atoms with Crippen molar-refractivity contribution in [3.05, 3.63) is 47.7 Å². The molecule has 178 valence electrons. The van der Waals surface area contributed by atoms with E-state index in [1.54, 1.807) is 31.4 Å². The van der Waals surface area contributed by atoms with Crippen LogP contribution in [0.15, 0.2) is 36.5 Å². The second-order valence-corrected chi connectivity index (χ2v) is 8.69. The Morgan fingerprint density at radius 2 is 1.82 bits per heavy atom. The number of anilines is 2. The van der Waals surface area contributed by atoms with E-state index in [4.69, 9.17) is 14.2 Å². The molecule has 2 aromatic carbocycles. The lowest BCUT2D eigenvalue weighted by atomic mass is 9.96. The lowest BCUT2D eigenvalue weighted by Gasteiger charge is -2.32. The van der Waals surface area contributed by atoms with Crippen molar-refractivity contribution in [1.82, 2.24) is 10.2 Å². The van der Waals surface area contributed by atoms with E-state index in [0.717, 1.165) is 41.7 Å². The van der Waals surface area contributed by atoms with Gasteiger partial charge in [-0.1, -0.05) is 0 Å². The third-order valence-corrected chi connectivity index (χ3v) is 6.63. The second kappa shape index (κ2) is 9.85. The molecule has 2 aliphatic rings. The standard InChI is InChI=1S/C26H30N4O4/c1-32-12-13-34-25-15-21-22(16-24(25)33-2)28-27-17-23(21)30-11-8-18-14-19(6-7-20(18)26(30)31)29-9-4-3-5-10-29/h6-7,14-17H,3-5,8-13H2,1-2H3. The number of hydrogen-bond acceptors (Lipinski definition) is 7. The fourth-order valence-electron chi connectivity index (χ4n) is 4.83. The Kier molecular flexibility index (Phi) is 6.49. The third kappa shape index (κ3) is 4.25. The van der Waals surface area contributed by atoms with Crippen LogP contribution in [0.4, 0.5) is 11.4 Å². The molecule has 1 saturated heterocycles. The summed E-state index contributed by atoms with van der Waals surface area (Å²) in [6, 6.07) is 9.93. The maximum atomic E-state index is 13.6. The lowest BCUT2D eigenvalue weighted by Crippen LogP contribution is -2.38.